The van der Waals surface area contributed by atoms with E-state index in [1.165, 1.54) is 0 Å². The van der Waals surface area contributed by atoms with Crippen LogP contribution in [-0.2, 0) is 4.74 Å². The Bertz CT molecular complexity index is 540. The van der Waals surface area contributed by atoms with Crippen molar-refractivity contribution in [3.05, 3.63) is 60.2 Å². The zero-order valence-corrected chi connectivity index (χ0v) is 13.1. The Labute approximate surface area is 131 Å². The van der Waals surface area contributed by atoms with E-state index in [9.17, 15) is 5.11 Å². The van der Waals surface area contributed by atoms with E-state index in [-0.39, 0.29) is 0 Å². The molecule has 0 aliphatic carbocycles. The molecule has 0 radical (unpaired) electrons. The molecule has 22 heavy (non-hydrogen) atoms. The minimum absolute atomic E-state index is 0.298. The van der Waals surface area contributed by atoms with Gasteiger partial charge in [0.2, 0.25) is 0 Å². The molecule has 0 heterocycles. The van der Waals surface area contributed by atoms with Crippen LogP contribution in [0.5, 0.6) is 11.5 Å². The number of aliphatic hydroxyl groups is 1. The highest BCUT2D eigenvalue weighted by atomic mass is 16.5. The molecule has 0 saturated carbocycles. The van der Waals surface area contributed by atoms with Gasteiger partial charge in [0.1, 0.15) is 17.6 Å². The minimum atomic E-state index is -0.618. The summed E-state index contributed by atoms with van der Waals surface area (Å²) in [6.45, 7) is 1.75. The lowest BCUT2D eigenvalue weighted by Gasteiger charge is -2.14. The maximum absolute atomic E-state index is 10.1. The van der Waals surface area contributed by atoms with Crippen LogP contribution in [0.25, 0.3) is 0 Å². The summed E-state index contributed by atoms with van der Waals surface area (Å²) < 4.78 is 11.2. The van der Waals surface area contributed by atoms with Gasteiger partial charge in [-0.2, -0.15) is 0 Å². The fourth-order valence-electron chi connectivity index (χ4n) is 1.92. The van der Waals surface area contributed by atoms with E-state index in [2.05, 4.69) is 0 Å². The van der Waals surface area contributed by atoms with E-state index in [1.54, 1.807) is 0 Å². The van der Waals surface area contributed by atoms with Crippen molar-refractivity contribution >= 4 is 0 Å². The van der Waals surface area contributed by atoms with Crippen molar-refractivity contribution in [2.75, 3.05) is 33.9 Å². The van der Waals surface area contributed by atoms with Gasteiger partial charge in [0.05, 0.1) is 13.2 Å². The highest BCUT2D eigenvalue weighted by Crippen LogP contribution is 2.23. The molecule has 0 amide bonds. The monoisotopic (exact) mass is 301 g/mol. The van der Waals surface area contributed by atoms with Crippen LogP contribution in [-0.4, -0.2) is 43.9 Å². The van der Waals surface area contributed by atoms with Gasteiger partial charge in [-0.05, 0) is 43.9 Å². The van der Waals surface area contributed by atoms with Gasteiger partial charge >= 0.3 is 0 Å². The SMILES string of the molecule is CN(C)CCOCC(O)c1ccc(Oc2ccccc2)cc1. The normalized spacial score (nSPS) is 12.4. The molecule has 0 spiro atoms. The summed E-state index contributed by atoms with van der Waals surface area (Å²) in [5.41, 5.74) is 0.824. The van der Waals surface area contributed by atoms with Crippen molar-refractivity contribution < 1.29 is 14.6 Å². The van der Waals surface area contributed by atoms with Gasteiger partial charge in [0.15, 0.2) is 0 Å². The Balaban J connectivity index is 1.83. The van der Waals surface area contributed by atoms with E-state index >= 15 is 0 Å². The van der Waals surface area contributed by atoms with Gasteiger partial charge in [-0.25, -0.2) is 0 Å². The van der Waals surface area contributed by atoms with Crippen molar-refractivity contribution in [1.29, 1.82) is 0 Å². The molecule has 2 aromatic rings. The minimum Gasteiger partial charge on any atom is -0.457 e. The molecule has 118 valence electrons. The van der Waals surface area contributed by atoms with Gasteiger partial charge in [-0.3, -0.25) is 0 Å². The van der Waals surface area contributed by atoms with Crippen LogP contribution >= 0.6 is 0 Å². The van der Waals surface area contributed by atoms with Crippen LogP contribution in [0.2, 0.25) is 0 Å². The quantitative estimate of drug-likeness (QED) is 0.761. The first-order chi connectivity index (χ1) is 10.6. The second kappa shape index (κ2) is 8.54. The Morgan fingerprint density at radius 3 is 2.23 bits per heavy atom. The number of rotatable bonds is 8. The van der Waals surface area contributed by atoms with Gasteiger partial charge in [0.25, 0.3) is 0 Å². The molecule has 1 atom stereocenters. The van der Waals surface area contributed by atoms with Gasteiger partial charge in [-0.15, -0.1) is 0 Å². The van der Waals surface area contributed by atoms with Crippen molar-refractivity contribution in [3.8, 4) is 11.5 Å². The topological polar surface area (TPSA) is 41.9 Å². The Morgan fingerprint density at radius 1 is 0.955 bits per heavy atom. The van der Waals surface area contributed by atoms with E-state index in [0.717, 1.165) is 23.6 Å². The van der Waals surface area contributed by atoms with Crippen molar-refractivity contribution in [2.24, 2.45) is 0 Å². The lowest BCUT2D eigenvalue weighted by Crippen LogP contribution is -2.19. The van der Waals surface area contributed by atoms with Gasteiger partial charge < -0.3 is 19.5 Å². The molecule has 0 aliphatic rings. The lowest BCUT2D eigenvalue weighted by molar-refractivity contribution is 0.0306. The second-order valence-corrected chi connectivity index (χ2v) is 5.38. The molecule has 1 unspecified atom stereocenters. The summed E-state index contributed by atoms with van der Waals surface area (Å²) in [5, 5.41) is 10.1. The fraction of sp³-hybridized carbons (Fsp3) is 0.333. The standard InChI is InChI=1S/C18H23NO3/c1-19(2)12-13-21-14-18(20)15-8-10-17(11-9-15)22-16-6-4-3-5-7-16/h3-11,18,20H,12-14H2,1-2H3. The smallest absolute Gasteiger partial charge is 0.127 e. The maximum Gasteiger partial charge on any atom is 0.127 e. The molecule has 0 fully saturated rings. The highest BCUT2D eigenvalue weighted by molar-refractivity contribution is 5.33. The largest absolute Gasteiger partial charge is 0.457 e. The number of nitrogens with zero attached hydrogens (tertiary/aromatic N) is 1. The van der Waals surface area contributed by atoms with Crippen molar-refractivity contribution in [1.82, 2.24) is 4.90 Å². The third-order valence-electron chi connectivity index (χ3n) is 3.20. The van der Waals surface area contributed by atoms with Crippen molar-refractivity contribution in [2.45, 2.75) is 6.10 Å². The summed E-state index contributed by atoms with van der Waals surface area (Å²) in [5.74, 6) is 1.54. The van der Waals surface area contributed by atoms with Crippen molar-refractivity contribution in [3.63, 3.8) is 0 Å². The van der Waals surface area contributed by atoms with Crippen LogP contribution in [0.15, 0.2) is 54.6 Å². The average molecular weight is 301 g/mol. The Hall–Kier alpha value is -1.88. The molecule has 2 aromatic carbocycles. The third kappa shape index (κ3) is 5.48. The highest BCUT2D eigenvalue weighted by Gasteiger charge is 2.08. The molecule has 4 nitrogen and oxygen atoms in total. The summed E-state index contributed by atoms with van der Waals surface area (Å²) in [7, 11) is 3.98. The van der Waals surface area contributed by atoms with Crippen LogP contribution in [0.3, 0.4) is 0 Å². The molecule has 0 saturated heterocycles. The van der Waals surface area contributed by atoms with E-state index in [1.807, 2.05) is 73.6 Å². The van der Waals surface area contributed by atoms with E-state index in [0.29, 0.717) is 13.2 Å². The predicted octanol–water partition coefficient (Wildman–Crippen LogP) is 3.09. The first-order valence-electron chi connectivity index (χ1n) is 7.38. The Morgan fingerprint density at radius 2 is 1.59 bits per heavy atom. The zero-order chi connectivity index (χ0) is 15.8. The molecule has 0 aliphatic heterocycles. The third-order valence-corrected chi connectivity index (χ3v) is 3.20. The maximum atomic E-state index is 10.1. The molecular weight excluding hydrogens is 278 g/mol. The predicted molar refractivity (Wildman–Crippen MR) is 87.3 cm³/mol. The lowest BCUT2D eigenvalue weighted by atomic mass is 10.1. The van der Waals surface area contributed by atoms with Crippen LogP contribution < -0.4 is 4.74 Å². The van der Waals surface area contributed by atoms with Crippen LogP contribution in [0.1, 0.15) is 11.7 Å². The van der Waals surface area contributed by atoms with Crippen LogP contribution in [0.4, 0.5) is 0 Å². The average Bonchev–Trinajstić information content (AvgIpc) is 2.53. The first-order valence-corrected chi connectivity index (χ1v) is 7.38. The molecule has 0 aromatic heterocycles. The summed E-state index contributed by atoms with van der Waals surface area (Å²) in [6.07, 6.45) is -0.618. The number of hydrogen-bond donors (Lipinski definition) is 1. The number of aliphatic hydroxyl groups excluding tert-OH is 1. The number of para-hydroxylation sites is 1. The van der Waals surface area contributed by atoms with E-state index in [4.69, 9.17) is 9.47 Å². The molecule has 1 N–H and O–H groups in total. The first kappa shape index (κ1) is 16.5. The zero-order valence-electron chi connectivity index (χ0n) is 13.1. The summed E-state index contributed by atoms with van der Waals surface area (Å²) >= 11 is 0. The van der Waals surface area contributed by atoms with E-state index < -0.39 is 6.10 Å². The second-order valence-electron chi connectivity index (χ2n) is 5.38. The molecule has 0 bridgehead atoms. The fourth-order valence-corrected chi connectivity index (χ4v) is 1.92. The number of likely N-dealkylation sites (N-methyl/N-ethyl adjacent to an activating group) is 1. The molecular formula is C18H23NO3. The number of benzene rings is 2. The summed E-state index contributed by atoms with van der Waals surface area (Å²) in [4.78, 5) is 2.04. The summed E-state index contributed by atoms with van der Waals surface area (Å²) in [6, 6.07) is 17.0. The molecule has 2 rings (SSSR count). The molecule has 4 heteroatoms. The van der Waals surface area contributed by atoms with Gasteiger partial charge in [-0.1, -0.05) is 30.3 Å². The Kier molecular flexibility index (Phi) is 6.40. The van der Waals surface area contributed by atoms with Gasteiger partial charge in [0, 0.05) is 6.54 Å². The number of ether oxygens (including phenoxy) is 2. The number of hydrogen-bond acceptors (Lipinski definition) is 4. The van der Waals surface area contributed by atoms with Crippen LogP contribution in [0, 0.1) is 0 Å².